The van der Waals surface area contributed by atoms with E-state index in [1.165, 1.54) is 5.56 Å². The molecule has 0 bridgehead atoms. The van der Waals surface area contributed by atoms with E-state index in [9.17, 15) is 14.4 Å². The maximum Gasteiger partial charge on any atom is 0.414 e. The Balaban J connectivity index is 1.65. The van der Waals surface area contributed by atoms with Gasteiger partial charge in [0, 0.05) is 24.6 Å². The van der Waals surface area contributed by atoms with E-state index in [4.69, 9.17) is 14.2 Å². The Morgan fingerprint density at radius 1 is 1.00 bits per heavy atom. The van der Waals surface area contributed by atoms with Crippen molar-refractivity contribution in [3.05, 3.63) is 66.0 Å². The van der Waals surface area contributed by atoms with Gasteiger partial charge in [-0.2, -0.15) is 4.57 Å². The van der Waals surface area contributed by atoms with Crippen LogP contribution in [0.2, 0.25) is 0 Å². The van der Waals surface area contributed by atoms with Crippen molar-refractivity contribution in [3.8, 4) is 0 Å². The molecule has 0 spiro atoms. The SMILES string of the molecule is C[C@H](c1ccccc1)[C@H]1CCCCN1C(=O)OC[n+]1cccc(C(=O)N[C@@H](COC(C)(C)C)C(=O)OC(C)(C)C)c1. The number of benzene rings is 1. The standard InChI is InChI=1S/C32H45N3O6/c1-23(24-14-9-8-10-15-24)27-17-11-12-19-35(27)30(38)39-22-34-18-13-16-25(20-34)28(36)33-26(21-40-31(2,3)4)29(37)41-32(5,6)7/h8-10,13-16,18,20,23,26-27H,11-12,17,19,21-22H2,1-7H3/p+1/t23-,26+,27-/m1/s1. The van der Waals surface area contributed by atoms with Crippen molar-refractivity contribution >= 4 is 18.0 Å². The molecule has 1 fully saturated rings. The first kappa shape index (κ1) is 32.1. The number of rotatable bonds is 9. The molecule has 1 aliphatic heterocycles. The van der Waals surface area contributed by atoms with Crippen LogP contribution in [0.25, 0.3) is 0 Å². The topological polar surface area (TPSA) is 98.0 Å². The molecule has 9 nitrogen and oxygen atoms in total. The molecule has 1 aromatic heterocycles. The van der Waals surface area contributed by atoms with Gasteiger partial charge in [0.25, 0.3) is 12.6 Å². The van der Waals surface area contributed by atoms with Gasteiger partial charge in [0.05, 0.1) is 12.2 Å². The molecule has 2 heterocycles. The van der Waals surface area contributed by atoms with Crippen LogP contribution in [0.3, 0.4) is 0 Å². The molecule has 1 saturated heterocycles. The highest BCUT2D eigenvalue weighted by molar-refractivity contribution is 5.96. The lowest BCUT2D eigenvalue weighted by Gasteiger charge is -2.38. The smallest absolute Gasteiger partial charge is 0.414 e. The highest BCUT2D eigenvalue weighted by Gasteiger charge is 2.33. The number of nitrogens with zero attached hydrogens (tertiary/aromatic N) is 2. The number of likely N-dealkylation sites (tertiary alicyclic amines) is 1. The van der Waals surface area contributed by atoms with Crippen molar-refractivity contribution in [2.45, 2.75) is 104 Å². The van der Waals surface area contributed by atoms with Crippen LogP contribution in [0.15, 0.2) is 54.9 Å². The Labute approximate surface area is 244 Å². The highest BCUT2D eigenvalue weighted by Crippen LogP contribution is 2.30. The summed E-state index contributed by atoms with van der Waals surface area (Å²) >= 11 is 0. The lowest BCUT2D eigenvalue weighted by atomic mass is 9.87. The molecule has 224 valence electrons. The number of piperidine rings is 1. The summed E-state index contributed by atoms with van der Waals surface area (Å²) in [5.41, 5.74) is 0.286. The summed E-state index contributed by atoms with van der Waals surface area (Å²) in [4.78, 5) is 41.0. The summed E-state index contributed by atoms with van der Waals surface area (Å²) in [6.45, 7) is 13.6. The van der Waals surface area contributed by atoms with Crippen LogP contribution in [0.5, 0.6) is 0 Å². The van der Waals surface area contributed by atoms with Crippen LogP contribution in [0.1, 0.15) is 89.6 Å². The van der Waals surface area contributed by atoms with Crippen LogP contribution in [-0.4, -0.2) is 59.3 Å². The van der Waals surface area contributed by atoms with Crippen LogP contribution in [0.4, 0.5) is 4.79 Å². The Kier molecular flexibility index (Phi) is 10.9. The Morgan fingerprint density at radius 2 is 1.71 bits per heavy atom. The number of carbonyl (C=O) groups is 3. The fourth-order valence-electron chi connectivity index (χ4n) is 4.75. The monoisotopic (exact) mass is 568 g/mol. The van der Waals surface area contributed by atoms with Gasteiger partial charge in [0.2, 0.25) is 0 Å². The minimum atomic E-state index is -0.991. The number of carbonyl (C=O) groups excluding carboxylic acids is 3. The molecule has 0 unspecified atom stereocenters. The second-order valence-electron chi connectivity index (χ2n) is 12.6. The van der Waals surface area contributed by atoms with Gasteiger partial charge < -0.3 is 24.4 Å². The normalized spacial score (nSPS) is 17.3. The number of hydrogen-bond acceptors (Lipinski definition) is 6. The molecular formula is C32H46N3O6+. The summed E-state index contributed by atoms with van der Waals surface area (Å²) in [5.74, 6) is -0.857. The molecule has 41 heavy (non-hydrogen) atoms. The molecule has 3 rings (SSSR count). The van der Waals surface area contributed by atoms with Gasteiger partial charge in [-0.05, 0) is 72.4 Å². The lowest BCUT2D eigenvalue weighted by Crippen LogP contribution is -2.49. The average Bonchev–Trinajstić information content (AvgIpc) is 2.92. The first-order chi connectivity index (χ1) is 19.2. The van der Waals surface area contributed by atoms with Crippen molar-refractivity contribution in [2.24, 2.45) is 0 Å². The van der Waals surface area contributed by atoms with Gasteiger partial charge in [-0.1, -0.05) is 37.3 Å². The van der Waals surface area contributed by atoms with Gasteiger partial charge in [-0.15, -0.1) is 0 Å². The quantitative estimate of drug-likeness (QED) is 0.338. The van der Waals surface area contributed by atoms with Gasteiger partial charge >= 0.3 is 12.1 Å². The zero-order valence-corrected chi connectivity index (χ0v) is 25.5. The molecule has 3 atom stereocenters. The molecule has 0 aliphatic carbocycles. The zero-order chi connectivity index (χ0) is 30.2. The van der Waals surface area contributed by atoms with Gasteiger partial charge in [-0.3, -0.25) is 4.79 Å². The molecule has 1 aliphatic rings. The Bertz CT molecular complexity index is 1170. The Morgan fingerprint density at radius 3 is 2.37 bits per heavy atom. The van der Waals surface area contributed by atoms with E-state index in [1.54, 1.807) is 49.9 Å². The van der Waals surface area contributed by atoms with Crippen molar-refractivity contribution < 1.29 is 33.2 Å². The van der Waals surface area contributed by atoms with Crippen LogP contribution in [-0.2, 0) is 25.7 Å². The maximum absolute atomic E-state index is 13.2. The summed E-state index contributed by atoms with van der Waals surface area (Å²) in [6, 6.07) is 12.6. The minimum absolute atomic E-state index is 0.0347. The second-order valence-corrected chi connectivity index (χ2v) is 12.6. The van der Waals surface area contributed by atoms with Crippen LogP contribution in [0, 0.1) is 0 Å². The summed E-state index contributed by atoms with van der Waals surface area (Å²) < 4.78 is 18.6. The fraction of sp³-hybridized carbons (Fsp3) is 0.562. The van der Waals surface area contributed by atoms with E-state index >= 15 is 0 Å². The fourth-order valence-corrected chi connectivity index (χ4v) is 4.75. The number of aromatic nitrogens is 1. The van der Waals surface area contributed by atoms with Crippen LogP contribution >= 0.6 is 0 Å². The van der Waals surface area contributed by atoms with Crippen LogP contribution < -0.4 is 9.88 Å². The Hall–Kier alpha value is -3.46. The van der Waals surface area contributed by atoms with Gasteiger partial charge in [-0.25, -0.2) is 9.59 Å². The predicted octanol–water partition coefficient (Wildman–Crippen LogP) is 4.98. The predicted molar refractivity (Wildman–Crippen MR) is 155 cm³/mol. The van der Waals surface area contributed by atoms with E-state index in [1.807, 2.05) is 43.9 Å². The van der Waals surface area contributed by atoms with Gasteiger partial charge in [0.1, 0.15) is 11.2 Å². The molecule has 0 radical (unpaired) electrons. The number of pyridine rings is 1. The van der Waals surface area contributed by atoms with Crippen molar-refractivity contribution in [2.75, 3.05) is 13.2 Å². The molecule has 1 N–H and O–H groups in total. The largest absolute Gasteiger partial charge is 0.458 e. The van der Waals surface area contributed by atoms with E-state index in [-0.39, 0.29) is 31.4 Å². The van der Waals surface area contributed by atoms with Crippen molar-refractivity contribution in [1.82, 2.24) is 10.2 Å². The number of hydrogen-bond donors (Lipinski definition) is 1. The van der Waals surface area contributed by atoms with Crippen molar-refractivity contribution in [3.63, 3.8) is 0 Å². The van der Waals surface area contributed by atoms with E-state index in [2.05, 4.69) is 24.4 Å². The van der Waals surface area contributed by atoms with Gasteiger partial charge in [0.15, 0.2) is 18.4 Å². The molecule has 0 saturated carbocycles. The number of amides is 2. The lowest BCUT2D eigenvalue weighted by molar-refractivity contribution is -0.727. The van der Waals surface area contributed by atoms with E-state index in [0.717, 1.165) is 19.3 Å². The summed E-state index contributed by atoms with van der Waals surface area (Å²) in [5, 5.41) is 2.74. The zero-order valence-electron chi connectivity index (χ0n) is 25.5. The van der Waals surface area contributed by atoms with Crippen molar-refractivity contribution in [1.29, 1.82) is 0 Å². The number of ether oxygens (including phenoxy) is 3. The number of nitrogens with one attached hydrogen (secondary N) is 1. The second kappa shape index (κ2) is 13.9. The highest BCUT2D eigenvalue weighted by atomic mass is 16.6. The van der Waals surface area contributed by atoms with E-state index in [0.29, 0.717) is 12.1 Å². The first-order valence-corrected chi connectivity index (χ1v) is 14.4. The van der Waals surface area contributed by atoms with E-state index < -0.39 is 29.1 Å². The average molecular weight is 569 g/mol. The molecular weight excluding hydrogens is 522 g/mol. The molecule has 9 heteroatoms. The third-order valence-corrected chi connectivity index (χ3v) is 6.82. The number of esters is 1. The summed E-state index contributed by atoms with van der Waals surface area (Å²) in [7, 11) is 0. The first-order valence-electron chi connectivity index (χ1n) is 14.4. The summed E-state index contributed by atoms with van der Waals surface area (Å²) in [6.07, 6.45) is 5.86. The molecule has 2 amide bonds. The molecule has 2 aromatic rings. The third kappa shape index (κ3) is 10.1. The minimum Gasteiger partial charge on any atom is -0.458 e. The maximum atomic E-state index is 13.2. The third-order valence-electron chi connectivity index (χ3n) is 6.82. The molecule has 1 aromatic carbocycles.